The number of para-hydroxylation sites is 1. The van der Waals surface area contributed by atoms with Crippen molar-refractivity contribution in [2.24, 2.45) is 0 Å². The van der Waals surface area contributed by atoms with E-state index in [2.05, 4.69) is 10.3 Å². The molecule has 2 aromatic carbocycles. The second-order valence-electron chi connectivity index (χ2n) is 5.89. The van der Waals surface area contributed by atoms with Crippen molar-refractivity contribution in [2.45, 2.75) is 6.42 Å². The average Bonchev–Trinajstić information content (AvgIpc) is 3.09. The molecule has 2 N–H and O–H groups in total. The molecule has 7 nitrogen and oxygen atoms in total. The highest BCUT2D eigenvalue weighted by Gasteiger charge is 2.11. The number of rotatable bonds is 6. The Hall–Kier alpha value is -3.92. The fraction of sp³-hybridized carbons (Fsp3) is 0.100. The maximum Gasteiger partial charge on any atom is 0.270 e. The second kappa shape index (κ2) is 7.97. The molecule has 0 fully saturated rings. The summed E-state index contributed by atoms with van der Waals surface area (Å²) in [5.74, 6) is -0.510. The Balaban J connectivity index is 1.66. The zero-order valence-electron chi connectivity index (χ0n) is 14.3. The van der Waals surface area contributed by atoms with Crippen molar-refractivity contribution in [1.82, 2.24) is 10.3 Å². The number of aromatic amines is 1. The van der Waals surface area contributed by atoms with Gasteiger partial charge in [-0.15, -0.1) is 0 Å². The van der Waals surface area contributed by atoms with E-state index in [0.29, 0.717) is 18.5 Å². The summed E-state index contributed by atoms with van der Waals surface area (Å²) in [6, 6.07) is 15.5. The molecule has 0 unspecified atom stereocenters. The molecule has 0 saturated heterocycles. The molecule has 0 radical (unpaired) electrons. The molecule has 3 aromatic rings. The Bertz CT molecular complexity index is 1080. The van der Waals surface area contributed by atoms with Gasteiger partial charge in [-0.25, -0.2) is 0 Å². The lowest BCUT2D eigenvalue weighted by molar-refractivity contribution is -0.384. The first kappa shape index (κ1) is 17.9. The van der Waals surface area contributed by atoms with Crippen LogP contribution >= 0.6 is 0 Å². The van der Waals surface area contributed by atoms with Crippen molar-refractivity contribution in [3.05, 3.63) is 81.5 Å². The van der Waals surface area contributed by atoms with E-state index >= 15 is 0 Å². The summed E-state index contributed by atoms with van der Waals surface area (Å²) in [5.41, 5.74) is 2.33. The van der Waals surface area contributed by atoms with Gasteiger partial charge in [0.1, 0.15) is 11.6 Å². The molecular formula is C20H16N4O3. The zero-order valence-corrected chi connectivity index (χ0v) is 14.3. The van der Waals surface area contributed by atoms with E-state index in [1.165, 1.54) is 24.3 Å². The van der Waals surface area contributed by atoms with Crippen LogP contribution in [0.4, 0.5) is 5.69 Å². The number of carbonyl (C=O) groups excluding carboxylic acids is 1. The summed E-state index contributed by atoms with van der Waals surface area (Å²) in [5, 5.41) is 23.9. The number of nitro benzene ring substituents is 1. The first-order chi connectivity index (χ1) is 13.1. The number of fused-ring (bicyclic) bond motifs is 1. The first-order valence-electron chi connectivity index (χ1n) is 8.28. The maximum absolute atomic E-state index is 12.2. The minimum absolute atomic E-state index is 0.0965. The topological polar surface area (TPSA) is 112 Å². The molecule has 0 saturated carbocycles. The SMILES string of the molecule is N#C/C(=C/c1cccc([N+](=O)[O-])c1)C(=O)NCCc1c[nH]c2ccccc12. The molecule has 1 aromatic heterocycles. The molecule has 7 heteroatoms. The average molecular weight is 360 g/mol. The predicted octanol–water partition coefficient (Wildman–Crippen LogP) is 3.34. The number of nitrogens with zero attached hydrogens (tertiary/aromatic N) is 2. The van der Waals surface area contributed by atoms with Crippen molar-refractivity contribution in [3.8, 4) is 6.07 Å². The smallest absolute Gasteiger partial charge is 0.270 e. The summed E-state index contributed by atoms with van der Waals surface area (Å²) in [7, 11) is 0. The van der Waals surface area contributed by atoms with E-state index < -0.39 is 10.8 Å². The van der Waals surface area contributed by atoms with E-state index in [-0.39, 0.29) is 11.3 Å². The number of hydrogen-bond acceptors (Lipinski definition) is 4. The van der Waals surface area contributed by atoms with Crippen LogP contribution in [0.15, 0.2) is 60.3 Å². The lowest BCUT2D eigenvalue weighted by atomic mass is 10.1. The van der Waals surface area contributed by atoms with Gasteiger partial charge in [-0.1, -0.05) is 30.3 Å². The van der Waals surface area contributed by atoms with Gasteiger partial charge in [0.05, 0.1) is 4.92 Å². The highest BCUT2D eigenvalue weighted by molar-refractivity contribution is 6.01. The van der Waals surface area contributed by atoms with Gasteiger partial charge in [0.25, 0.3) is 11.6 Å². The van der Waals surface area contributed by atoms with E-state index in [0.717, 1.165) is 16.5 Å². The zero-order chi connectivity index (χ0) is 19.2. The fourth-order valence-electron chi connectivity index (χ4n) is 2.79. The molecule has 0 bridgehead atoms. The Morgan fingerprint density at radius 2 is 2.07 bits per heavy atom. The van der Waals surface area contributed by atoms with Crippen molar-refractivity contribution in [2.75, 3.05) is 6.54 Å². The van der Waals surface area contributed by atoms with Crippen molar-refractivity contribution >= 4 is 28.6 Å². The summed E-state index contributed by atoms with van der Waals surface area (Å²) in [6.07, 6.45) is 3.86. The van der Waals surface area contributed by atoms with Crippen LogP contribution in [0.25, 0.3) is 17.0 Å². The van der Waals surface area contributed by atoms with Gasteiger partial charge in [0, 0.05) is 35.8 Å². The van der Waals surface area contributed by atoms with Crippen LogP contribution in [-0.4, -0.2) is 22.4 Å². The van der Waals surface area contributed by atoms with Gasteiger partial charge in [0.15, 0.2) is 0 Å². The molecule has 0 aliphatic rings. The van der Waals surface area contributed by atoms with E-state index in [1.54, 1.807) is 6.07 Å². The molecule has 0 spiro atoms. The minimum atomic E-state index is -0.523. The largest absolute Gasteiger partial charge is 0.361 e. The van der Waals surface area contributed by atoms with Crippen molar-refractivity contribution < 1.29 is 9.72 Å². The standard InChI is InChI=1S/C20H16N4O3/c21-12-16(10-14-4-3-5-17(11-14)24(26)27)20(25)22-9-8-15-13-23-19-7-2-1-6-18(15)19/h1-7,10-11,13,23H,8-9H2,(H,22,25)/b16-10-. The number of benzene rings is 2. The van der Waals surface area contributed by atoms with Crippen LogP contribution in [-0.2, 0) is 11.2 Å². The summed E-state index contributed by atoms with van der Waals surface area (Å²) < 4.78 is 0. The normalized spacial score (nSPS) is 11.1. The monoisotopic (exact) mass is 360 g/mol. The Kier molecular flexibility index (Phi) is 5.28. The van der Waals surface area contributed by atoms with Crippen LogP contribution in [0.2, 0.25) is 0 Å². The van der Waals surface area contributed by atoms with Gasteiger partial charge in [-0.2, -0.15) is 5.26 Å². The molecule has 3 rings (SSSR count). The van der Waals surface area contributed by atoms with Crippen molar-refractivity contribution in [1.29, 1.82) is 5.26 Å². The highest BCUT2D eigenvalue weighted by Crippen LogP contribution is 2.18. The molecule has 0 atom stereocenters. The predicted molar refractivity (Wildman–Crippen MR) is 102 cm³/mol. The molecular weight excluding hydrogens is 344 g/mol. The van der Waals surface area contributed by atoms with Gasteiger partial charge in [0.2, 0.25) is 0 Å². The second-order valence-corrected chi connectivity index (χ2v) is 5.89. The molecule has 134 valence electrons. The number of non-ortho nitro benzene ring substituents is 1. The number of carbonyl (C=O) groups is 1. The fourth-order valence-corrected chi connectivity index (χ4v) is 2.79. The number of amides is 1. The lowest BCUT2D eigenvalue weighted by Gasteiger charge is -2.04. The number of aromatic nitrogens is 1. The van der Waals surface area contributed by atoms with Gasteiger partial charge >= 0.3 is 0 Å². The van der Waals surface area contributed by atoms with E-state index in [4.69, 9.17) is 0 Å². The van der Waals surface area contributed by atoms with E-state index in [9.17, 15) is 20.2 Å². The number of nitriles is 1. The van der Waals surface area contributed by atoms with Crippen LogP contribution in [0.3, 0.4) is 0 Å². The Morgan fingerprint density at radius 1 is 1.26 bits per heavy atom. The number of hydrogen-bond donors (Lipinski definition) is 2. The van der Waals surface area contributed by atoms with Gasteiger partial charge < -0.3 is 10.3 Å². The third-order valence-corrected chi connectivity index (χ3v) is 4.11. The van der Waals surface area contributed by atoms with Crippen LogP contribution in [0, 0.1) is 21.4 Å². The first-order valence-corrected chi connectivity index (χ1v) is 8.28. The van der Waals surface area contributed by atoms with Crippen molar-refractivity contribution in [3.63, 3.8) is 0 Å². The van der Waals surface area contributed by atoms with Crippen LogP contribution in [0.1, 0.15) is 11.1 Å². The number of H-pyrrole nitrogens is 1. The quantitative estimate of drug-likeness (QED) is 0.304. The molecule has 1 amide bonds. The minimum Gasteiger partial charge on any atom is -0.361 e. The molecule has 0 aliphatic carbocycles. The number of nitro groups is 1. The summed E-state index contributed by atoms with van der Waals surface area (Å²) in [4.78, 5) is 25.7. The maximum atomic E-state index is 12.2. The van der Waals surface area contributed by atoms with Crippen LogP contribution < -0.4 is 5.32 Å². The highest BCUT2D eigenvalue weighted by atomic mass is 16.6. The molecule has 27 heavy (non-hydrogen) atoms. The summed E-state index contributed by atoms with van der Waals surface area (Å²) >= 11 is 0. The lowest BCUT2D eigenvalue weighted by Crippen LogP contribution is -2.26. The van der Waals surface area contributed by atoms with Crippen LogP contribution in [0.5, 0.6) is 0 Å². The van der Waals surface area contributed by atoms with Gasteiger partial charge in [-0.3, -0.25) is 14.9 Å². The molecule has 1 heterocycles. The van der Waals surface area contributed by atoms with Gasteiger partial charge in [-0.05, 0) is 29.7 Å². The van der Waals surface area contributed by atoms with E-state index in [1.807, 2.05) is 36.5 Å². The Morgan fingerprint density at radius 3 is 2.85 bits per heavy atom. The third kappa shape index (κ3) is 4.19. The summed E-state index contributed by atoms with van der Waals surface area (Å²) in [6.45, 7) is 0.370. The number of nitrogens with one attached hydrogen (secondary N) is 2. The molecule has 0 aliphatic heterocycles. The third-order valence-electron chi connectivity index (χ3n) is 4.11. The Labute approximate surface area is 155 Å².